The Balaban J connectivity index is 1.65. The first-order valence-electron chi connectivity index (χ1n) is 10.8. The van der Waals surface area contributed by atoms with Crippen LogP contribution in [0.3, 0.4) is 0 Å². The van der Waals surface area contributed by atoms with Crippen LogP contribution >= 0.6 is 0 Å². The SMILES string of the molecule is CC(C)N1CCN(Cc2ccc(-c3cc(NC(=O)OC(C)(C)C)ccn3)c(F)c2)CC1. The number of nitrogens with zero attached hydrogens (tertiary/aromatic N) is 3. The van der Waals surface area contributed by atoms with E-state index in [0.29, 0.717) is 23.0 Å². The van der Waals surface area contributed by atoms with Crippen molar-refractivity contribution in [1.82, 2.24) is 14.8 Å². The van der Waals surface area contributed by atoms with Crippen LogP contribution in [0.15, 0.2) is 36.5 Å². The molecule has 0 unspecified atom stereocenters. The lowest BCUT2D eigenvalue weighted by Crippen LogP contribution is -2.48. The molecule has 1 aromatic carbocycles. The maximum Gasteiger partial charge on any atom is 0.412 e. The summed E-state index contributed by atoms with van der Waals surface area (Å²) in [5.74, 6) is -0.319. The summed E-state index contributed by atoms with van der Waals surface area (Å²) in [7, 11) is 0. The van der Waals surface area contributed by atoms with Crippen molar-refractivity contribution in [2.24, 2.45) is 0 Å². The molecule has 1 amide bonds. The fourth-order valence-electron chi connectivity index (χ4n) is 3.64. The van der Waals surface area contributed by atoms with Gasteiger partial charge in [0.1, 0.15) is 11.4 Å². The van der Waals surface area contributed by atoms with Gasteiger partial charge in [-0.15, -0.1) is 0 Å². The lowest BCUT2D eigenvalue weighted by Gasteiger charge is -2.36. The molecule has 1 aliphatic heterocycles. The molecule has 0 atom stereocenters. The molecule has 1 fully saturated rings. The summed E-state index contributed by atoms with van der Waals surface area (Å²) in [4.78, 5) is 21.1. The highest BCUT2D eigenvalue weighted by Gasteiger charge is 2.20. The quantitative estimate of drug-likeness (QED) is 0.744. The van der Waals surface area contributed by atoms with Crippen LogP contribution in [-0.2, 0) is 11.3 Å². The van der Waals surface area contributed by atoms with Crippen LogP contribution in [0.1, 0.15) is 40.2 Å². The van der Waals surface area contributed by atoms with E-state index in [9.17, 15) is 9.18 Å². The van der Waals surface area contributed by atoms with E-state index < -0.39 is 11.7 Å². The van der Waals surface area contributed by atoms with Crippen LogP contribution < -0.4 is 5.32 Å². The van der Waals surface area contributed by atoms with E-state index in [1.54, 1.807) is 51.2 Å². The fourth-order valence-corrected chi connectivity index (χ4v) is 3.64. The monoisotopic (exact) mass is 428 g/mol. The van der Waals surface area contributed by atoms with E-state index in [2.05, 4.69) is 33.9 Å². The third-order valence-electron chi connectivity index (χ3n) is 5.26. The van der Waals surface area contributed by atoms with Gasteiger partial charge in [0, 0.05) is 56.2 Å². The summed E-state index contributed by atoms with van der Waals surface area (Å²) in [6, 6.07) is 9.15. The molecule has 1 aromatic heterocycles. The number of nitrogens with one attached hydrogen (secondary N) is 1. The Kier molecular flexibility index (Phi) is 7.28. The Labute approximate surface area is 184 Å². The number of halogens is 1. The molecular weight excluding hydrogens is 395 g/mol. The standard InChI is InChI=1S/C24H33FN4O2/c1-17(2)29-12-10-28(11-13-29)16-18-6-7-20(21(25)14-18)22-15-19(8-9-26-22)27-23(30)31-24(3,4)5/h6-9,14-15,17H,10-13,16H2,1-5H3,(H,26,27,30). The van der Waals surface area contributed by atoms with Crippen molar-refractivity contribution in [2.75, 3.05) is 31.5 Å². The first kappa shape index (κ1) is 23.2. The minimum absolute atomic E-state index is 0.319. The van der Waals surface area contributed by atoms with E-state index in [-0.39, 0.29) is 5.82 Å². The summed E-state index contributed by atoms with van der Waals surface area (Å²) in [5, 5.41) is 2.67. The van der Waals surface area contributed by atoms with Gasteiger partial charge < -0.3 is 4.74 Å². The average Bonchev–Trinajstić information content (AvgIpc) is 2.67. The van der Waals surface area contributed by atoms with Gasteiger partial charge in [-0.1, -0.05) is 6.07 Å². The van der Waals surface area contributed by atoms with Gasteiger partial charge in [-0.25, -0.2) is 9.18 Å². The largest absolute Gasteiger partial charge is 0.444 e. The van der Waals surface area contributed by atoms with E-state index in [1.165, 1.54) is 0 Å². The van der Waals surface area contributed by atoms with Crippen molar-refractivity contribution < 1.29 is 13.9 Å². The van der Waals surface area contributed by atoms with Gasteiger partial charge in [0.15, 0.2) is 0 Å². The molecule has 0 bridgehead atoms. The number of benzene rings is 1. The molecule has 31 heavy (non-hydrogen) atoms. The summed E-state index contributed by atoms with van der Waals surface area (Å²) < 4.78 is 20.2. The first-order valence-corrected chi connectivity index (χ1v) is 10.8. The Morgan fingerprint density at radius 2 is 1.87 bits per heavy atom. The molecule has 1 N–H and O–H groups in total. The third kappa shape index (κ3) is 6.74. The molecule has 168 valence electrons. The summed E-state index contributed by atoms with van der Waals surface area (Å²) in [5.41, 5.74) is 1.72. The average molecular weight is 429 g/mol. The number of pyridine rings is 1. The van der Waals surface area contributed by atoms with Crippen molar-refractivity contribution >= 4 is 11.8 Å². The number of hydrogen-bond donors (Lipinski definition) is 1. The lowest BCUT2D eigenvalue weighted by molar-refractivity contribution is 0.0636. The molecule has 7 heteroatoms. The number of aromatic nitrogens is 1. The number of hydrogen-bond acceptors (Lipinski definition) is 5. The highest BCUT2D eigenvalue weighted by atomic mass is 19.1. The molecule has 2 heterocycles. The summed E-state index contributed by atoms with van der Waals surface area (Å²) in [6.07, 6.45) is 0.988. The zero-order chi connectivity index (χ0) is 22.6. The Morgan fingerprint density at radius 1 is 1.16 bits per heavy atom. The highest BCUT2D eigenvalue weighted by Crippen LogP contribution is 2.25. The third-order valence-corrected chi connectivity index (χ3v) is 5.26. The number of rotatable bonds is 5. The lowest BCUT2D eigenvalue weighted by atomic mass is 10.1. The molecule has 6 nitrogen and oxygen atoms in total. The molecule has 1 aliphatic rings. The molecule has 2 aromatic rings. The number of carbonyl (C=O) groups is 1. The molecule has 0 saturated carbocycles. The maximum atomic E-state index is 14.9. The molecular formula is C24H33FN4O2. The number of carbonyl (C=O) groups excluding carboxylic acids is 1. The van der Waals surface area contributed by atoms with Gasteiger partial charge in [-0.05, 0) is 64.4 Å². The minimum Gasteiger partial charge on any atom is -0.444 e. The first-order chi connectivity index (χ1) is 14.6. The molecule has 0 radical (unpaired) electrons. The zero-order valence-corrected chi connectivity index (χ0v) is 19.1. The van der Waals surface area contributed by atoms with Gasteiger partial charge in [0.25, 0.3) is 0 Å². The van der Waals surface area contributed by atoms with Gasteiger partial charge in [0.2, 0.25) is 0 Å². The number of anilines is 1. The van der Waals surface area contributed by atoms with Crippen LogP contribution in [0.4, 0.5) is 14.9 Å². The zero-order valence-electron chi connectivity index (χ0n) is 19.1. The number of piperazine rings is 1. The second kappa shape index (κ2) is 9.75. The Hall–Kier alpha value is -2.51. The van der Waals surface area contributed by atoms with Crippen molar-refractivity contribution in [3.63, 3.8) is 0 Å². The van der Waals surface area contributed by atoms with E-state index >= 15 is 0 Å². The van der Waals surface area contributed by atoms with Crippen molar-refractivity contribution in [2.45, 2.75) is 52.8 Å². The van der Waals surface area contributed by atoms with Crippen LogP contribution in [-0.4, -0.2) is 58.7 Å². The topological polar surface area (TPSA) is 57.7 Å². The maximum absolute atomic E-state index is 14.9. The summed E-state index contributed by atoms with van der Waals surface area (Å²) in [6.45, 7) is 14.6. The predicted molar refractivity (Wildman–Crippen MR) is 121 cm³/mol. The van der Waals surface area contributed by atoms with Crippen molar-refractivity contribution in [1.29, 1.82) is 0 Å². The molecule has 1 saturated heterocycles. The molecule has 3 rings (SSSR count). The normalized spacial score (nSPS) is 15.8. The van der Waals surface area contributed by atoms with Crippen LogP contribution in [0.5, 0.6) is 0 Å². The molecule has 0 aliphatic carbocycles. The van der Waals surface area contributed by atoms with Crippen LogP contribution in [0.2, 0.25) is 0 Å². The predicted octanol–water partition coefficient (Wildman–Crippen LogP) is 4.76. The van der Waals surface area contributed by atoms with Crippen molar-refractivity contribution in [3.05, 3.63) is 47.9 Å². The number of amides is 1. The minimum atomic E-state index is -0.594. The van der Waals surface area contributed by atoms with E-state index in [4.69, 9.17) is 4.74 Å². The molecule has 0 spiro atoms. The van der Waals surface area contributed by atoms with Crippen molar-refractivity contribution in [3.8, 4) is 11.3 Å². The highest BCUT2D eigenvalue weighted by molar-refractivity contribution is 5.85. The van der Waals surface area contributed by atoms with Gasteiger partial charge in [-0.2, -0.15) is 0 Å². The smallest absolute Gasteiger partial charge is 0.412 e. The van der Waals surface area contributed by atoms with E-state index in [0.717, 1.165) is 38.3 Å². The fraction of sp³-hybridized carbons (Fsp3) is 0.500. The van der Waals surface area contributed by atoms with Gasteiger partial charge >= 0.3 is 6.09 Å². The second-order valence-corrected chi connectivity index (χ2v) is 9.28. The van der Waals surface area contributed by atoms with Crippen LogP contribution in [0, 0.1) is 5.82 Å². The summed E-state index contributed by atoms with van der Waals surface area (Å²) >= 11 is 0. The van der Waals surface area contributed by atoms with Crippen LogP contribution in [0.25, 0.3) is 11.3 Å². The van der Waals surface area contributed by atoms with Gasteiger partial charge in [0.05, 0.1) is 5.69 Å². The second-order valence-electron chi connectivity index (χ2n) is 9.28. The van der Waals surface area contributed by atoms with E-state index in [1.807, 2.05) is 6.07 Å². The Bertz CT molecular complexity index is 903. The van der Waals surface area contributed by atoms with Gasteiger partial charge in [-0.3, -0.25) is 20.1 Å². The number of ether oxygens (including phenoxy) is 1. The Morgan fingerprint density at radius 3 is 2.48 bits per heavy atom.